The second-order valence-electron chi connectivity index (χ2n) is 4.11. The van der Waals surface area contributed by atoms with Crippen molar-refractivity contribution in [3.8, 4) is 0 Å². The van der Waals surface area contributed by atoms with Crippen LogP contribution >= 0.6 is 0 Å². The molecule has 1 N–H and O–H groups in total. The number of hydrogen-bond acceptors (Lipinski definition) is 3. The first-order chi connectivity index (χ1) is 9.58. The van der Waals surface area contributed by atoms with Crippen molar-refractivity contribution in [3.63, 3.8) is 0 Å². The molecule has 0 fully saturated rings. The van der Waals surface area contributed by atoms with E-state index in [4.69, 9.17) is 5.11 Å². The van der Waals surface area contributed by atoms with Gasteiger partial charge in [-0.2, -0.15) is 0 Å². The summed E-state index contributed by atoms with van der Waals surface area (Å²) in [7, 11) is -1.58. The zero-order chi connectivity index (χ0) is 14.5. The predicted octanol–water partition coefficient (Wildman–Crippen LogP) is 2.27. The van der Waals surface area contributed by atoms with Crippen LogP contribution in [-0.2, 0) is 17.2 Å². The lowest BCUT2D eigenvalue weighted by atomic mass is 10.2. The Hall–Kier alpha value is -2.08. The molecule has 0 aliphatic rings. The van der Waals surface area contributed by atoms with Gasteiger partial charge in [0.1, 0.15) is 5.82 Å². The summed E-state index contributed by atoms with van der Waals surface area (Å²) in [6.07, 6.45) is 3.76. The molecule has 1 aromatic heterocycles. The van der Waals surface area contributed by atoms with Crippen molar-refractivity contribution in [2.24, 2.45) is 0 Å². The minimum atomic E-state index is -1.58. The number of halogens is 1. The number of pyridine rings is 1. The van der Waals surface area contributed by atoms with Crippen LogP contribution in [0.1, 0.15) is 15.9 Å². The van der Waals surface area contributed by atoms with E-state index < -0.39 is 22.6 Å². The van der Waals surface area contributed by atoms with Gasteiger partial charge in [-0.15, -0.1) is 0 Å². The van der Waals surface area contributed by atoms with Crippen molar-refractivity contribution in [3.05, 3.63) is 59.7 Å². The third-order valence-electron chi connectivity index (χ3n) is 2.75. The SMILES string of the molecule is O=C(O)c1ccc(F)c(S(=O)CCc2ccncc2)c1. The van der Waals surface area contributed by atoms with Crippen molar-refractivity contribution in [2.75, 3.05) is 5.75 Å². The molecule has 20 heavy (non-hydrogen) atoms. The van der Waals surface area contributed by atoms with E-state index in [-0.39, 0.29) is 16.2 Å². The maximum absolute atomic E-state index is 13.6. The average Bonchev–Trinajstić information content (AvgIpc) is 2.46. The largest absolute Gasteiger partial charge is 0.478 e. The Morgan fingerprint density at radius 3 is 2.60 bits per heavy atom. The number of carbonyl (C=O) groups is 1. The number of carboxylic acid groups (broad SMARTS) is 1. The van der Waals surface area contributed by atoms with Crippen LogP contribution in [0.15, 0.2) is 47.6 Å². The molecule has 0 aliphatic carbocycles. The third-order valence-corrected chi connectivity index (χ3v) is 4.13. The van der Waals surface area contributed by atoms with Crippen LogP contribution in [0.4, 0.5) is 4.39 Å². The Kier molecular flexibility index (Phi) is 4.57. The Labute approximate surface area is 117 Å². The van der Waals surface area contributed by atoms with Crippen LogP contribution in [-0.4, -0.2) is 26.0 Å². The summed E-state index contributed by atoms with van der Waals surface area (Å²) in [5, 5.41) is 8.86. The van der Waals surface area contributed by atoms with E-state index in [9.17, 15) is 13.4 Å². The van der Waals surface area contributed by atoms with Crippen LogP contribution in [0.5, 0.6) is 0 Å². The summed E-state index contributed by atoms with van der Waals surface area (Å²) in [4.78, 5) is 14.6. The van der Waals surface area contributed by atoms with Crippen molar-refractivity contribution < 1.29 is 18.5 Å². The molecule has 0 radical (unpaired) electrons. The van der Waals surface area contributed by atoms with Gasteiger partial charge in [0.2, 0.25) is 0 Å². The molecule has 0 aliphatic heterocycles. The highest BCUT2D eigenvalue weighted by atomic mass is 32.2. The van der Waals surface area contributed by atoms with Gasteiger partial charge in [-0.05, 0) is 42.3 Å². The number of hydrogen-bond donors (Lipinski definition) is 1. The smallest absolute Gasteiger partial charge is 0.335 e. The Morgan fingerprint density at radius 2 is 1.95 bits per heavy atom. The van der Waals surface area contributed by atoms with E-state index in [0.717, 1.165) is 23.8 Å². The van der Waals surface area contributed by atoms with Crippen molar-refractivity contribution in [1.29, 1.82) is 0 Å². The van der Waals surface area contributed by atoms with Crippen molar-refractivity contribution in [1.82, 2.24) is 4.98 Å². The van der Waals surface area contributed by atoms with Gasteiger partial charge in [-0.3, -0.25) is 9.19 Å². The molecular formula is C14H12FNO3S. The van der Waals surface area contributed by atoms with Crippen molar-refractivity contribution >= 4 is 16.8 Å². The van der Waals surface area contributed by atoms with E-state index in [1.807, 2.05) is 0 Å². The Balaban J connectivity index is 2.13. The highest BCUT2D eigenvalue weighted by Gasteiger charge is 2.13. The third kappa shape index (κ3) is 3.48. The molecule has 2 rings (SSSR count). The topological polar surface area (TPSA) is 67.3 Å². The summed E-state index contributed by atoms with van der Waals surface area (Å²) >= 11 is 0. The van der Waals surface area contributed by atoms with Gasteiger partial charge in [0.25, 0.3) is 0 Å². The van der Waals surface area contributed by atoms with E-state index in [0.29, 0.717) is 6.42 Å². The first kappa shape index (κ1) is 14.3. The first-order valence-corrected chi connectivity index (χ1v) is 7.20. The maximum Gasteiger partial charge on any atom is 0.335 e. The quantitative estimate of drug-likeness (QED) is 0.918. The Morgan fingerprint density at radius 1 is 1.25 bits per heavy atom. The van der Waals surface area contributed by atoms with Crippen LogP contribution < -0.4 is 0 Å². The molecule has 1 unspecified atom stereocenters. The zero-order valence-corrected chi connectivity index (χ0v) is 11.3. The van der Waals surface area contributed by atoms with Crippen LogP contribution in [0, 0.1) is 5.82 Å². The van der Waals surface area contributed by atoms with E-state index in [2.05, 4.69) is 4.98 Å². The molecule has 1 heterocycles. The molecular weight excluding hydrogens is 281 g/mol. The number of nitrogens with zero attached hydrogens (tertiary/aromatic N) is 1. The minimum absolute atomic E-state index is 0.0704. The van der Waals surface area contributed by atoms with Gasteiger partial charge in [0.05, 0.1) is 21.3 Å². The summed E-state index contributed by atoms with van der Waals surface area (Å²) in [5.41, 5.74) is 0.877. The molecule has 0 saturated carbocycles. The fourth-order valence-corrected chi connectivity index (χ4v) is 2.87. The molecule has 1 aromatic carbocycles. The molecule has 2 aromatic rings. The van der Waals surface area contributed by atoms with Crippen LogP contribution in [0.25, 0.3) is 0 Å². The van der Waals surface area contributed by atoms with E-state index in [1.54, 1.807) is 24.5 Å². The highest BCUT2D eigenvalue weighted by Crippen LogP contribution is 2.16. The average molecular weight is 293 g/mol. The van der Waals surface area contributed by atoms with Gasteiger partial charge in [-0.25, -0.2) is 9.18 Å². The normalized spacial score (nSPS) is 12.1. The molecule has 0 saturated heterocycles. The van der Waals surface area contributed by atoms with Gasteiger partial charge in [-0.1, -0.05) is 0 Å². The lowest BCUT2D eigenvalue weighted by Crippen LogP contribution is -2.06. The predicted molar refractivity (Wildman–Crippen MR) is 72.6 cm³/mol. The fourth-order valence-electron chi connectivity index (χ4n) is 1.68. The summed E-state index contributed by atoms with van der Waals surface area (Å²) in [5.74, 6) is -1.59. The van der Waals surface area contributed by atoms with Crippen molar-refractivity contribution in [2.45, 2.75) is 11.3 Å². The van der Waals surface area contributed by atoms with Crippen LogP contribution in [0.3, 0.4) is 0 Å². The number of benzene rings is 1. The standard InChI is InChI=1S/C14H12FNO3S/c15-12-2-1-11(14(17)18)9-13(12)20(19)8-5-10-3-6-16-7-4-10/h1-4,6-7,9H,5,8H2,(H,17,18). The Bertz CT molecular complexity index is 646. The highest BCUT2D eigenvalue weighted by molar-refractivity contribution is 7.85. The molecule has 104 valence electrons. The molecule has 1 atom stereocenters. The maximum atomic E-state index is 13.6. The lowest BCUT2D eigenvalue weighted by Gasteiger charge is -2.05. The van der Waals surface area contributed by atoms with Gasteiger partial charge in [0.15, 0.2) is 0 Å². The fraction of sp³-hybridized carbons (Fsp3) is 0.143. The minimum Gasteiger partial charge on any atom is -0.478 e. The number of rotatable bonds is 5. The van der Waals surface area contributed by atoms with Gasteiger partial charge < -0.3 is 5.11 Å². The van der Waals surface area contributed by atoms with Gasteiger partial charge >= 0.3 is 5.97 Å². The summed E-state index contributed by atoms with van der Waals surface area (Å²) in [6.45, 7) is 0. The number of aryl methyl sites for hydroxylation is 1. The van der Waals surface area contributed by atoms with Gasteiger partial charge in [0, 0.05) is 18.1 Å². The van der Waals surface area contributed by atoms with E-state index in [1.165, 1.54) is 0 Å². The number of aromatic nitrogens is 1. The van der Waals surface area contributed by atoms with E-state index >= 15 is 0 Å². The summed E-state index contributed by atoms with van der Waals surface area (Å²) < 4.78 is 25.7. The molecule has 0 spiro atoms. The lowest BCUT2D eigenvalue weighted by molar-refractivity contribution is 0.0696. The molecule has 0 amide bonds. The van der Waals surface area contributed by atoms with Crippen LogP contribution in [0.2, 0.25) is 0 Å². The molecule has 0 bridgehead atoms. The monoisotopic (exact) mass is 293 g/mol. The molecule has 4 nitrogen and oxygen atoms in total. The second-order valence-corrected chi connectivity index (χ2v) is 5.64. The first-order valence-electron chi connectivity index (χ1n) is 5.88. The zero-order valence-electron chi connectivity index (χ0n) is 10.5. The summed E-state index contributed by atoms with van der Waals surface area (Å²) in [6, 6.07) is 6.90. The second kappa shape index (κ2) is 6.38. The molecule has 6 heteroatoms. The number of carboxylic acids is 1. The number of aromatic carboxylic acids is 1.